The van der Waals surface area contributed by atoms with E-state index in [1.165, 1.54) is 24.3 Å². The number of anilines is 2. The van der Waals surface area contributed by atoms with Gasteiger partial charge in [0.1, 0.15) is 23.0 Å². The van der Waals surface area contributed by atoms with Crippen molar-refractivity contribution < 1.29 is 8.78 Å². The molecule has 0 radical (unpaired) electrons. The van der Waals surface area contributed by atoms with Crippen LogP contribution in [-0.4, -0.2) is 15.0 Å². The second-order valence-electron chi connectivity index (χ2n) is 5.53. The molecule has 0 saturated heterocycles. The average molecular weight is 369 g/mol. The first kappa shape index (κ1) is 16.4. The van der Waals surface area contributed by atoms with Crippen molar-refractivity contribution >= 4 is 34.0 Å². The molecule has 0 fully saturated rings. The van der Waals surface area contributed by atoms with Crippen LogP contribution in [-0.2, 0) is 0 Å². The summed E-state index contributed by atoms with van der Waals surface area (Å²) in [6.07, 6.45) is 3.23. The van der Waals surface area contributed by atoms with E-state index in [-0.39, 0.29) is 10.5 Å². The molecule has 26 heavy (non-hydrogen) atoms. The second kappa shape index (κ2) is 6.65. The minimum atomic E-state index is -0.521. The fraction of sp³-hybridized carbons (Fsp3) is 0. The normalized spacial score (nSPS) is 10.9. The Balaban J connectivity index is 1.89. The Kier molecular flexibility index (Phi) is 4.18. The zero-order valence-corrected chi connectivity index (χ0v) is 14.0. The Morgan fingerprint density at radius 2 is 1.81 bits per heavy atom. The van der Waals surface area contributed by atoms with Crippen molar-refractivity contribution in [2.24, 2.45) is 0 Å². The Labute approximate surface area is 152 Å². The van der Waals surface area contributed by atoms with Gasteiger partial charge in [0.25, 0.3) is 0 Å². The van der Waals surface area contributed by atoms with Crippen molar-refractivity contribution in [2.45, 2.75) is 0 Å². The van der Waals surface area contributed by atoms with Crippen LogP contribution in [0.5, 0.6) is 0 Å². The maximum atomic E-state index is 14.3. The lowest BCUT2D eigenvalue weighted by Crippen LogP contribution is -2.01. The number of aromatic nitrogens is 3. The number of nitrogens with zero attached hydrogens (tertiary/aromatic N) is 3. The van der Waals surface area contributed by atoms with Gasteiger partial charge in [0.2, 0.25) is 0 Å². The van der Waals surface area contributed by atoms with Crippen LogP contribution in [0, 0.1) is 11.6 Å². The SMILES string of the molecule is Fc1ccc(Nc2nc(-c3cccnc3)nc3c(F)cccc23)cc1Cl. The lowest BCUT2D eigenvalue weighted by Gasteiger charge is -2.12. The van der Waals surface area contributed by atoms with Crippen molar-refractivity contribution in [1.82, 2.24) is 15.0 Å². The molecule has 0 aliphatic carbocycles. The van der Waals surface area contributed by atoms with Gasteiger partial charge in [0.05, 0.1) is 5.02 Å². The molecule has 2 heterocycles. The number of benzene rings is 2. The maximum Gasteiger partial charge on any atom is 0.163 e. The van der Waals surface area contributed by atoms with Crippen LogP contribution in [0.25, 0.3) is 22.3 Å². The molecule has 0 spiro atoms. The Bertz CT molecular complexity index is 1100. The summed E-state index contributed by atoms with van der Waals surface area (Å²) in [7, 11) is 0. The highest BCUT2D eigenvalue weighted by Crippen LogP contribution is 2.29. The number of halogens is 3. The van der Waals surface area contributed by atoms with Crippen LogP contribution >= 0.6 is 11.6 Å². The van der Waals surface area contributed by atoms with E-state index in [0.717, 1.165) is 0 Å². The van der Waals surface area contributed by atoms with Gasteiger partial charge in [-0.25, -0.2) is 18.7 Å². The molecule has 128 valence electrons. The lowest BCUT2D eigenvalue weighted by molar-refractivity contribution is 0.628. The molecule has 4 aromatic rings. The van der Waals surface area contributed by atoms with Crippen LogP contribution in [0.4, 0.5) is 20.3 Å². The zero-order valence-electron chi connectivity index (χ0n) is 13.2. The molecule has 2 aromatic carbocycles. The van der Waals surface area contributed by atoms with E-state index in [2.05, 4.69) is 20.3 Å². The largest absolute Gasteiger partial charge is 0.340 e. The summed E-state index contributed by atoms with van der Waals surface area (Å²) in [5.41, 5.74) is 1.35. The minimum absolute atomic E-state index is 0.0213. The maximum absolute atomic E-state index is 14.3. The summed E-state index contributed by atoms with van der Waals surface area (Å²) in [5.74, 6) is -0.274. The number of rotatable bonds is 3. The minimum Gasteiger partial charge on any atom is -0.340 e. The third-order valence-electron chi connectivity index (χ3n) is 3.78. The first-order valence-electron chi connectivity index (χ1n) is 7.70. The third kappa shape index (κ3) is 3.07. The molecule has 0 unspecified atom stereocenters. The highest BCUT2D eigenvalue weighted by atomic mass is 35.5. The standard InChI is InChI=1S/C19H11ClF2N4/c20-14-9-12(6-7-15(14)21)24-19-13-4-1-5-16(22)17(13)25-18(26-19)11-3-2-8-23-10-11/h1-10H,(H,24,25,26). The topological polar surface area (TPSA) is 50.7 Å². The molecule has 4 nitrogen and oxygen atoms in total. The van der Waals surface area contributed by atoms with Crippen LogP contribution in [0.1, 0.15) is 0 Å². The smallest absolute Gasteiger partial charge is 0.163 e. The van der Waals surface area contributed by atoms with Gasteiger partial charge < -0.3 is 5.32 Å². The number of para-hydroxylation sites is 1. The summed E-state index contributed by atoms with van der Waals surface area (Å²) in [6.45, 7) is 0. The van der Waals surface area contributed by atoms with Crippen molar-refractivity contribution in [3.8, 4) is 11.4 Å². The Morgan fingerprint density at radius 3 is 2.58 bits per heavy atom. The molecule has 0 aliphatic rings. The zero-order chi connectivity index (χ0) is 18.1. The fourth-order valence-corrected chi connectivity index (χ4v) is 2.73. The molecule has 0 bridgehead atoms. The molecule has 7 heteroatoms. The molecular weight excluding hydrogens is 358 g/mol. The van der Waals surface area contributed by atoms with Gasteiger partial charge >= 0.3 is 0 Å². The van der Waals surface area contributed by atoms with E-state index < -0.39 is 11.6 Å². The number of nitrogens with one attached hydrogen (secondary N) is 1. The molecule has 0 amide bonds. The third-order valence-corrected chi connectivity index (χ3v) is 4.07. The summed E-state index contributed by atoms with van der Waals surface area (Å²) in [4.78, 5) is 12.9. The van der Waals surface area contributed by atoms with Crippen LogP contribution in [0.3, 0.4) is 0 Å². The molecule has 0 saturated carbocycles. The Morgan fingerprint density at radius 1 is 0.923 bits per heavy atom. The summed E-state index contributed by atoms with van der Waals surface area (Å²) >= 11 is 5.83. The van der Waals surface area contributed by atoms with Crippen molar-refractivity contribution in [2.75, 3.05) is 5.32 Å². The van der Waals surface area contributed by atoms with Crippen LogP contribution in [0.2, 0.25) is 5.02 Å². The van der Waals surface area contributed by atoms with E-state index in [0.29, 0.717) is 28.3 Å². The van der Waals surface area contributed by atoms with Gasteiger partial charge in [0.15, 0.2) is 5.82 Å². The number of fused-ring (bicyclic) bond motifs is 1. The van der Waals surface area contributed by atoms with E-state index in [1.54, 1.807) is 36.7 Å². The molecular formula is C19H11ClF2N4. The number of hydrogen-bond donors (Lipinski definition) is 1. The second-order valence-corrected chi connectivity index (χ2v) is 5.93. The number of hydrogen-bond acceptors (Lipinski definition) is 4. The van der Waals surface area contributed by atoms with Gasteiger partial charge in [-0.05, 0) is 42.5 Å². The quantitative estimate of drug-likeness (QED) is 0.528. The van der Waals surface area contributed by atoms with Crippen LogP contribution in [0.15, 0.2) is 60.9 Å². The number of pyridine rings is 1. The molecule has 4 rings (SSSR count). The van der Waals surface area contributed by atoms with Crippen molar-refractivity contribution in [3.63, 3.8) is 0 Å². The van der Waals surface area contributed by atoms with E-state index >= 15 is 0 Å². The molecule has 1 N–H and O–H groups in total. The summed E-state index contributed by atoms with van der Waals surface area (Å²) in [5, 5.41) is 3.54. The molecule has 2 aromatic heterocycles. The van der Waals surface area contributed by atoms with Gasteiger partial charge in [-0.15, -0.1) is 0 Å². The summed E-state index contributed by atoms with van der Waals surface area (Å²) < 4.78 is 27.7. The fourth-order valence-electron chi connectivity index (χ4n) is 2.55. The first-order chi connectivity index (χ1) is 12.6. The van der Waals surface area contributed by atoms with Crippen molar-refractivity contribution in [3.05, 3.63) is 77.6 Å². The highest BCUT2D eigenvalue weighted by molar-refractivity contribution is 6.31. The predicted octanol–water partition coefficient (Wildman–Crippen LogP) is 5.37. The molecule has 0 aliphatic heterocycles. The van der Waals surface area contributed by atoms with Gasteiger partial charge in [-0.1, -0.05) is 17.7 Å². The van der Waals surface area contributed by atoms with E-state index in [1.807, 2.05) is 0 Å². The average Bonchev–Trinajstić information content (AvgIpc) is 2.66. The highest BCUT2D eigenvalue weighted by Gasteiger charge is 2.13. The summed E-state index contributed by atoms with van der Waals surface area (Å²) in [6, 6.07) is 12.4. The first-order valence-corrected chi connectivity index (χ1v) is 8.08. The Hall–Kier alpha value is -3.12. The predicted molar refractivity (Wildman–Crippen MR) is 97.4 cm³/mol. The van der Waals surface area contributed by atoms with Crippen molar-refractivity contribution in [1.29, 1.82) is 0 Å². The van der Waals surface area contributed by atoms with Gasteiger partial charge in [0, 0.05) is 29.0 Å². The lowest BCUT2D eigenvalue weighted by atomic mass is 10.2. The van der Waals surface area contributed by atoms with E-state index in [4.69, 9.17) is 11.6 Å². The monoisotopic (exact) mass is 368 g/mol. The van der Waals surface area contributed by atoms with Gasteiger partial charge in [-0.3, -0.25) is 4.98 Å². The molecule has 0 atom stereocenters. The van der Waals surface area contributed by atoms with E-state index in [9.17, 15) is 8.78 Å². The van der Waals surface area contributed by atoms with Gasteiger partial charge in [-0.2, -0.15) is 0 Å². The van der Waals surface area contributed by atoms with Crippen LogP contribution < -0.4 is 5.32 Å².